The second kappa shape index (κ2) is 6.27. The highest BCUT2D eigenvalue weighted by molar-refractivity contribution is 6.35. The third kappa shape index (κ3) is 4.05. The quantitative estimate of drug-likeness (QED) is 0.674. The number of nitrogens with zero attached hydrogens (tertiary/aromatic N) is 4. The topological polar surface area (TPSA) is 78.9 Å². The van der Waals surface area contributed by atoms with Crippen molar-refractivity contribution in [2.24, 2.45) is 0 Å². The third-order valence-electron chi connectivity index (χ3n) is 2.51. The molecule has 1 aromatic carbocycles. The molecule has 2 aromatic rings. The minimum absolute atomic E-state index is 0.0591. The number of alkyl halides is 3. The monoisotopic (exact) mass is 321 g/mol. The van der Waals surface area contributed by atoms with E-state index in [9.17, 15) is 13.2 Å². The summed E-state index contributed by atoms with van der Waals surface area (Å²) in [5.74, 6) is 0.308. The van der Waals surface area contributed by atoms with E-state index in [1.54, 1.807) is 18.2 Å². The number of hydrogen-bond donors (Lipinski definition) is 1. The maximum atomic E-state index is 12.0. The molecule has 1 aromatic heterocycles. The highest BCUT2D eigenvalue weighted by Gasteiger charge is 2.27. The van der Waals surface area contributed by atoms with Crippen LogP contribution in [0.2, 0.25) is 5.02 Å². The Labute approximate surface area is 122 Å². The Hall–Kier alpha value is -1.87. The van der Waals surface area contributed by atoms with Crippen molar-refractivity contribution in [3.63, 3.8) is 0 Å². The summed E-state index contributed by atoms with van der Waals surface area (Å²) in [6, 6.07) is 4.96. The lowest BCUT2D eigenvalue weighted by atomic mass is 10.2. The third-order valence-corrected chi connectivity index (χ3v) is 2.94. The van der Waals surface area contributed by atoms with E-state index in [-0.39, 0.29) is 18.2 Å². The summed E-state index contributed by atoms with van der Waals surface area (Å²) in [5, 5.41) is 11.3. The van der Waals surface area contributed by atoms with E-state index in [0.29, 0.717) is 17.1 Å². The van der Waals surface area contributed by atoms with Crippen molar-refractivity contribution in [1.29, 1.82) is 0 Å². The molecule has 6 nitrogen and oxygen atoms in total. The molecule has 0 radical (unpaired) electrons. The molecule has 0 amide bonds. The SMILES string of the molecule is Nc1cccc(-c2nnnn2CCOCC(F)(F)F)c1Cl. The second-order valence-electron chi connectivity index (χ2n) is 4.10. The van der Waals surface area contributed by atoms with Crippen LogP contribution in [0.5, 0.6) is 0 Å². The normalized spacial score (nSPS) is 11.8. The second-order valence-corrected chi connectivity index (χ2v) is 4.48. The molecule has 10 heteroatoms. The summed E-state index contributed by atoms with van der Waals surface area (Å²) in [6.07, 6.45) is -4.36. The fourth-order valence-corrected chi connectivity index (χ4v) is 1.82. The zero-order valence-electron chi connectivity index (χ0n) is 10.6. The fraction of sp³-hybridized carbons (Fsp3) is 0.364. The number of benzene rings is 1. The van der Waals surface area contributed by atoms with Gasteiger partial charge >= 0.3 is 6.18 Å². The van der Waals surface area contributed by atoms with Crippen molar-refractivity contribution >= 4 is 17.3 Å². The average Bonchev–Trinajstić information content (AvgIpc) is 2.85. The maximum absolute atomic E-state index is 12.0. The van der Waals surface area contributed by atoms with E-state index in [1.165, 1.54) is 4.68 Å². The van der Waals surface area contributed by atoms with Gasteiger partial charge in [0, 0.05) is 5.56 Å². The number of nitrogen functional groups attached to an aromatic ring is 1. The van der Waals surface area contributed by atoms with E-state index < -0.39 is 12.8 Å². The first-order chi connectivity index (χ1) is 9.88. The first-order valence-corrected chi connectivity index (χ1v) is 6.21. The predicted octanol–water partition coefficient (Wildman–Crippen LogP) is 2.15. The van der Waals surface area contributed by atoms with Gasteiger partial charge in [-0.15, -0.1) is 5.10 Å². The molecule has 0 bridgehead atoms. The van der Waals surface area contributed by atoms with Gasteiger partial charge in [-0.05, 0) is 22.6 Å². The van der Waals surface area contributed by atoms with Crippen molar-refractivity contribution in [3.8, 4) is 11.4 Å². The Morgan fingerprint density at radius 3 is 2.81 bits per heavy atom. The van der Waals surface area contributed by atoms with Gasteiger partial charge in [0.25, 0.3) is 0 Å². The molecule has 0 fully saturated rings. The molecular formula is C11H11ClF3N5O. The molecular weight excluding hydrogens is 311 g/mol. The van der Waals surface area contributed by atoms with E-state index in [2.05, 4.69) is 20.3 Å². The molecule has 0 unspecified atom stereocenters. The van der Waals surface area contributed by atoms with Gasteiger partial charge in [0.1, 0.15) is 6.61 Å². The van der Waals surface area contributed by atoms with Crippen LogP contribution in [0.1, 0.15) is 0 Å². The van der Waals surface area contributed by atoms with Gasteiger partial charge < -0.3 is 10.5 Å². The van der Waals surface area contributed by atoms with E-state index in [0.717, 1.165) is 0 Å². The first kappa shape index (κ1) is 15.5. The minimum Gasteiger partial charge on any atom is -0.398 e. The van der Waals surface area contributed by atoms with Crippen LogP contribution < -0.4 is 5.73 Å². The Bertz CT molecular complexity index is 616. The molecule has 1 heterocycles. The fourth-order valence-electron chi connectivity index (χ4n) is 1.61. The Morgan fingerprint density at radius 2 is 2.10 bits per heavy atom. The zero-order valence-corrected chi connectivity index (χ0v) is 11.4. The molecule has 0 aliphatic heterocycles. The largest absolute Gasteiger partial charge is 0.411 e. The van der Waals surface area contributed by atoms with Crippen LogP contribution in [0.3, 0.4) is 0 Å². The number of nitrogens with two attached hydrogens (primary N) is 1. The molecule has 2 rings (SSSR count). The Balaban J connectivity index is 2.07. The highest BCUT2D eigenvalue weighted by Crippen LogP contribution is 2.30. The molecule has 114 valence electrons. The van der Waals surface area contributed by atoms with Crippen molar-refractivity contribution in [2.45, 2.75) is 12.7 Å². The summed E-state index contributed by atoms with van der Waals surface area (Å²) in [7, 11) is 0. The standard InChI is InChI=1S/C11H11ClF3N5O/c12-9-7(2-1-3-8(9)16)10-17-18-19-20(10)4-5-21-6-11(13,14)15/h1-3H,4-6,16H2. The predicted molar refractivity (Wildman–Crippen MR) is 69.5 cm³/mol. The Kier molecular flexibility index (Phi) is 4.63. The molecule has 2 N–H and O–H groups in total. The number of hydrogen-bond acceptors (Lipinski definition) is 5. The van der Waals surface area contributed by atoms with Gasteiger partial charge in [0.05, 0.1) is 23.9 Å². The van der Waals surface area contributed by atoms with Gasteiger partial charge in [-0.3, -0.25) is 0 Å². The van der Waals surface area contributed by atoms with Gasteiger partial charge in [0.2, 0.25) is 0 Å². The van der Waals surface area contributed by atoms with Gasteiger partial charge in [-0.1, -0.05) is 17.7 Å². The number of tetrazole rings is 1. The summed E-state index contributed by atoms with van der Waals surface area (Å²) < 4.78 is 41.7. The molecule has 0 spiro atoms. The number of rotatable bonds is 5. The maximum Gasteiger partial charge on any atom is 0.411 e. The molecule has 0 aliphatic carbocycles. The van der Waals surface area contributed by atoms with Crippen molar-refractivity contribution in [2.75, 3.05) is 18.9 Å². The molecule has 0 saturated heterocycles. The van der Waals surface area contributed by atoms with E-state index in [1.807, 2.05) is 0 Å². The van der Waals surface area contributed by atoms with Crippen LogP contribution in [0.25, 0.3) is 11.4 Å². The van der Waals surface area contributed by atoms with Crippen LogP contribution >= 0.6 is 11.6 Å². The Morgan fingerprint density at radius 1 is 1.33 bits per heavy atom. The van der Waals surface area contributed by atoms with Gasteiger partial charge in [0.15, 0.2) is 5.82 Å². The number of aromatic nitrogens is 4. The first-order valence-electron chi connectivity index (χ1n) is 5.83. The number of ether oxygens (including phenoxy) is 1. The summed E-state index contributed by atoms with van der Waals surface area (Å²) in [6.45, 7) is -1.44. The van der Waals surface area contributed by atoms with Crippen LogP contribution in [0.15, 0.2) is 18.2 Å². The van der Waals surface area contributed by atoms with Crippen LogP contribution in [0, 0.1) is 0 Å². The summed E-state index contributed by atoms with van der Waals surface area (Å²) in [5.41, 5.74) is 6.54. The summed E-state index contributed by atoms with van der Waals surface area (Å²) in [4.78, 5) is 0. The lowest BCUT2D eigenvalue weighted by Crippen LogP contribution is -2.19. The van der Waals surface area contributed by atoms with Gasteiger partial charge in [-0.2, -0.15) is 13.2 Å². The molecule has 0 aliphatic rings. The van der Waals surface area contributed by atoms with Crippen molar-refractivity contribution in [1.82, 2.24) is 20.2 Å². The molecule has 0 atom stereocenters. The van der Waals surface area contributed by atoms with Crippen LogP contribution in [-0.2, 0) is 11.3 Å². The highest BCUT2D eigenvalue weighted by atomic mass is 35.5. The number of anilines is 1. The van der Waals surface area contributed by atoms with Crippen LogP contribution in [-0.4, -0.2) is 39.6 Å². The lowest BCUT2D eigenvalue weighted by molar-refractivity contribution is -0.174. The minimum atomic E-state index is -4.36. The number of halogens is 4. The van der Waals surface area contributed by atoms with Crippen molar-refractivity contribution < 1.29 is 17.9 Å². The zero-order chi connectivity index (χ0) is 15.5. The molecule has 21 heavy (non-hydrogen) atoms. The van der Waals surface area contributed by atoms with Crippen LogP contribution in [0.4, 0.5) is 18.9 Å². The van der Waals surface area contributed by atoms with E-state index in [4.69, 9.17) is 17.3 Å². The van der Waals surface area contributed by atoms with Gasteiger partial charge in [-0.25, -0.2) is 4.68 Å². The lowest BCUT2D eigenvalue weighted by Gasteiger charge is -2.09. The average molecular weight is 322 g/mol. The summed E-state index contributed by atoms with van der Waals surface area (Å²) >= 11 is 6.06. The smallest absolute Gasteiger partial charge is 0.398 e. The van der Waals surface area contributed by atoms with E-state index >= 15 is 0 Å². The molecule has 0 saturated carbocycles. The van der Waals surface area contributed by atoms with Crippen molar-refractivity contribution in [3.05, 3.63) is 23.2 Å².